The monoisotopic (exact) mass is 492 g/mol. The van der Waals surface area contributed by atoms with Crippen molar-refractivity contribution in [1.82, 2.24) is 24.5 Å². The number of sulfonamides is 1. The standard InChI is InChI=1S/C21H28N6O4S2/c1-14-5-4-11-26(13-14)33(30,31)17-7-6-16(32-17)15-8-9-22-19(24-15)23-10-12-27-20(29)25-18(28)21(27,2)3/h6-9,14H,4-5,10-13H2,1-3H3,(H,22,23,24)(H,25,28,29). The van der Waals surface area contributed by atoms with Gasteiger partial charge in [0.05, 0.1) is 10.6 Å². The largest absolute Gasteiger partial charge is 0.352 e. The van der Waals surface area contributed by atoms with Crippen molar-refractivity contribution in [2.45, 2.75) is 43.4 Å². The van der Waals surface area contributed by atoms with Crippen LogP contribution in [0.1, 0.15) is 33.6 Å². The van der Waals surface area contributed by atoms with Gasteiger partial charge in [0.2, 0.25) is 5.95 Å². The SMILES string of the molecule is CC1CCCN(S(=O)(=O)c2ccc(-c3ccnc(NCCN4C(=O)NC(=O)C4(C)C)n3)s2)C1. The summed E-state index contributed by atoms with van der Waals surface area (Å²) in [7, 11) is -3.51. The average Bonchev–Trinajstić information content (AvgIpc) is 3.34. The number of aromatic nitrogens is 2. The van der Waals surface area contributed by atoms with E-state index in [0.29, 0.717) is 47.9 Å². The zero-order chi connectivity index (χ0) is 23.8. The van der Waals surface area contributed by atoms with Gasteiger partial charge in [0, 0.05) is 32.4 Å². The van der Waals surface area contributed by atoms with E-state index in [1.807, 2.05) is 0 Å². The van der Waals surface area contributed by atoms with Crippen molar-refractivity contribution in [2.75, 3.05) is 31.5 Å². The van der Waals surface area contributed by atoms with Gasteiger partial charge in [-0.25, -0.2) is 23.2 Å². The minimum Gasteiger partial charge on any atom is -0.352 e. The van der Waals surface area contributed by atoms with Gasteiger partial charge in [-0.15, -0.1) is 11.3 Å². The first-order valence-corrected chi connectivity index (χ1v) is 13.1. The number of rotatable bonds is 7. The van der Waals surface area contributed by atoms with Crippen molar-refractivity contribution < 1.29 is 18.0 Å². The Labute approximate surface area is 197 Å². The Hall–Kier alpha value is -2.57. The van der Waals surface area contributed by atoms with Crippen LogP contribution in [-0.2, 0) is 14.8 Å². The lowest BCUT2D eigenvalue weighted by Gasteiger charge is -2.29. The Kier molecular flexibility index (Phi) is 6.43. The third kappa shape index (κ3) is 4.73. The third-order valence-electron chi connectivity index (χ3n) is 6.02. The molecule has 0 saturated carbocycles. The van der Waals surface area contributed by atoms with Gasteiger partial charge >= 0.3 is 6.03 Å². The molecule has 0 aromatic carbocycles. The first-order valence-electron chi connectivity index (χ1n) is 10.9. The van der Waals surface area contributed by atoms with Crippen molar-refractivity contribution in [1.29, 1.82) is 0 Å². The molecule has 2 fully saturated rings. The molecule has 2 aromatic heterocycles. The summed E-state index contributed by atoms with van der Waals surface area (Å²) in [5.41, 5.74) is -0.299. The molecule has 0 aliphatic carbocycles. The van der Waals surface area contributed by atoms with Crippen LogP contribution >= 0.6 is 11.3 Å². The summed E-state index contributed by atoms with van der Waals surface area (Å²) in [5, 5.41) is 5.39. The predicted octanol–water partition coefficient (Wildman–Crippen LogP) is 2.37. The van der Waals surface area contributed by atoms with E-state index in [9.17, 15) is 18.0 Å². The Bertz CT molecular complexity index is 1160. The molecular formula is C21H28N6O4S2. The van der Waals surface area contributed by atoms with E-state index in [-0.39, 0.29) is 5.91 Å². The van der Waals surface area contributed by atoms with Gasteiger partial charge in [0.15, 0.2) is 0 Å². The summed E-state index contributed by atoms with van der Waals surface area (Å²) in [6.45, 7) is 7.22. The van der Waals surface area contributed by atoms with Crippen LogP contribution in [0.2, 0.25) is 0 Å². The lowest BCUT2D eigenvalue weighted by atomic mass is 10.0. The van der Waals surface area contributed by atoms with Crippen LogP contribution in [0.4, 0.5) is 10.7 Å². The zero-order valence-corrected chi connectivity index (χ0v) is 20.5. The number of urea groups is 1. The Morgan fingerprint density at radius 1 is 1.27 bits per heavy atom. The van der Waals surface area contributed by atoms with E-state index in [4.69, 9.17) is 0 Å². The molecule has 33 heavy (non-hydrogen) atoms. The maximum atomic E-state index is 13.0. The molecule has 0 spiro atoms. The van der Waals surface area contributed by atoms with Gasteiger partial charge in [-0.2, -0.15) is 4.31 Å². The minimum atomic E-state index is -3.51. The smallest absolute Gasteiger partial charge is 0.325 e. The molecule has 3 amide bonds. The molecule has 4 rings (SSSR count). The zero-order valence-electron chi connectivity index (χ0n) is 18.9. The molecule has 1 atom stereocenters. The average molecular weight is 493 g/mol. The maximum absolute atomic E-state index is 13.0. The summed E-state index contributed by atoms with van der Waals surface area (Å²) >= 11 is 1.19. The molecule has 2 aliphatic heterocycles. The van der Waals surface area contributed by atoms with E-state index >= 15 is 0 Å². The highest BCUT2D eigenvalue weighted by Crippen LogP contribution is 2.33. The van der Waals surface area contributed by atoms with Crippen LogP contribution in [0.25, 0.3) is 10.6 Å². The summed E-state index contributed by atoms with van der Waals surface area (Å²) in [6.07, 6.45) is 3.53. The van der Waals surface area contributed by atoms with E-state index in [2.05, 4.69) is 27.5 Å². The van der Waals surface area contributed by atoms with E-state index in [1.165, 1.54) is 16.2 Å². The normalized spacial score (nSPS) is 21.3. The lowest BCUT2D eigenvalue weighted by molar-refractivity contribution is -0.125. The Balaban J connectivity index is 1.43. The second-order valence-corrected chi connectivity index (χ2v) is 12.1. The summed E-state index contributed by atoms with van der Waals surface area (Å²) in [4.78, 5) is 34.8. The number of hydrogen-bond acceptors (Lipinski definition) is 8. The highest BCUT2D eigenvalue weighted by Gasteiger charge is 2.45. The lowest BCUT2D eigenvalue weighted by Crippen LogP contribution is -2.46. The van der Waals surface area contributed by atoms with Crippen molar-refractivity contribution >= 4 is 39.2 Å². The number of nitrogens with zero attached hydrogens (tertiary/aromatic N) is 4. The van der Waals surface area contributed by atoms with Crippen LogP contribution in [0.15, 0.2) is 28.6 Å². The molecule has 178 valence electrons. The van der Waals surface area contributed by atoms with Crippen molar-refractivity contribution in [2.24, 2.45) is 5.92 Å². The number of anilines is 1. The fourth-order valence-corrected chi connectivity index (χ4v) is 7.05. The number of nitrogens with one attached hydrogen (secondary N) is 2. The second kappa shape index (κ2) is 8.99. The van der Waals surface area contributed by atoms with Gasteiger partial charge in [-0.3, -0.25) is 10.1 Å². The summed E-state index contributed by atoms with van der Waals surface area (Å²) in [5.74, 6) is 0.394. The Morgan fingerprint density at radius 2 is 2.06 bits per heavy atom. The van der Waals surface area contributed by atoms with Gasteiger partial charge in [-0.1, -0.05) is 6.92 Å². The molecular weight excluding hydrogens is 464 g/mol. The molecule has 2 N–H and O–H groups in total. The minimum absolute atomic E-state index is 0.299. The maximum Gasteiger partial charge on any atom is 0.325 e. The van der Waals surface area contributed by atoms with Crippen molar-refractivity contribution in [3.05, 3.63) is 24.4 Å². The molecule has 10 nitrogen and oxygen atoms in total. The number of hydrogen-bond donors (Lipinski definition) is 2. The highest BCUT2D eigenvalue weighted by atomic mass is 32.2. The molecule has 12 heteroatoms. The van der Waals surface area contributed by atoms with Crippen molar-refractivity contribution in [3.8, 4) is 10.6 Å². The summed E-state index contributed by atoms with van der Waals surface area (Å²) < 4.78 is 28.0. The number of amides is 3. The second-order valence-electron chi connectivity index (χ2n) is 8.89. The van der Waals surface area contributed by atoms with Crippen LogP contribution in [-0.4, -0.2) is 71.2 Å². The topological polar surface area (TPSA) is 125 Å². The quantitative estimate of drug-likeness (QED) is 0.569. The number of carbonyl (C=O) groups is 2. The van der Waals surface area contributed by atoms with Crippen LogP contribution in [0.5, 0.6) is 0 Å². The van der Waals surface area contributed by atoms with Gasteiger partial charge in [-0.05, 0) is 50.8 Å². The molecule has 2 saturated heterocycles. The fourth-order valence-electron chi connectivity index (χ4n) is 4.02. The van der Waals surface area contributed by atoms with Crippen LogP contribution in [0.3, 0.4) is 0 Å². The highest BCUT2D eigenvalue weighted by molar-refractivity contribution is 7.91. The number of imide groups is 1. The molecule has 2 aliphatic rings. The Morgan fingerprint density at radius 3 is 2.76 bits per heavy atom. The first-order chi connectivity index (χ1) is 15.6. The molecule has 1 unspecified atom stereocenters. The van der Waals surface area contributed by atoms with Crippen molar-refractivity contribution in [3.63, 3.8) is 0 Å². The van der Waals surface area contributed by atoms with E-state index < -0.39 is 21.6 Å². The third-order valence-corrected chi connectivity index (χ3v) is 9.46. The predicted molar refractivity (Wildman–Crippen MR) is 125 cm³/mol. The first kappa shape index (κ1) is 23.6. The van der Waals surface area contributed by atoms with Gasteiger partial charge in [0.1, 0.15) is 9.75 Å². The number of thiophene rings is 1. The van der Waals surface area contributed by atoms with E-state index in [1.54, 1.807) is 42.5 Å². The van der Waals surface area contributed by atoms with Crippen LogP contribution < -0.4 is 10.6 Å². The van der Waals surface area contributed by atoms with Crippen LogP contribution in [0, 0.1) is 5.92 Å². The van der Waals surface area contributed by atoms with E-state index in [0.717, 1.165) is 17.7 Å². The summed E-state index contributed by atoms with van der Waals surface area (Å²) in [6, 6.07) is 4.71. The van der Waals surface area contributed by atoms with Gasteiger partial charge < -0.3 is 10.2 Å². The number of carbonyl (C=O) groups excluding carboxylic acids is 2. The number of piperidine rings is 1. The molecule has 4 heterocycles. The van der Waals surface area contributed by atoms with Gasteiger partial charge in [0.25, 0.3) is 15.9 Å². The molecule has 0 radical (unpaired) electrons. The fraction of sp³-hybridized carbons (Fsp3) is 0.524. The molecule has 2 aromatic rings. The molecule has 0 bridgehead atoms.